The SMILES string of the molecule is CCCNCCNC(=O)CCCc1ccc(OC)cc1.Cl. The van der Waals surface area contributed by atoms with Crippen LogP contribution in [0.1, 0.15) is 31.7 Å². The molecule has 5 heteroatoms. The number of carbonyl (C=O) groups is 1. The van der Waals surface area contributed by atoms with Crippen LogP contribution in [0.3, 0.4) is 0 Å². The zero-order chi connectivity index (χ0) is 14.6. The molecule has 1 aromatic carbocycles. The summed E-state index contributed by atoms with van der Waals surface area (Å²) in [5, 5.41) is 6.18. The normalized spacial score (nSPS) is 9.81. The lowest BCUT2D eigenvalue weighted by atomic mass is 10.1. The molecule has 0 bridgehead atoms. The molecule has 0 aromatic heterocycles. The molecule has 0 aliphatic rings. The fourth-order valence-electron chi connectivity index (χ4n) is 1.93. The van der Waals surface area contributed by atoms with Gasteiger partial charge < -0.3 is 15.4 Å². The number of carbonyl (C=O) groups excluding carboxylic acids is 1. The molecule has 0 atom stereocenters. The topological polar surface area (TPSA) is 50.4 Å². The Hall–Kier alpha value is -1.26. The maximum Gasteiger partial charge on any atom is 0.220 e. The molecule has 1 rings (SSSR count). The predicted molar refractivity (Wildman–Crippen MR) is 89.4 cm³/mol. The highest BCUT2D eigenvalue weighted by atomic mass is 35.5. The van der Waals surface area contributed by atoms with Crippen molar-refractivity contribution in [2.45, 2.75) is 32.6 Å². The van der Waals surface area contributed by atoms with Crippen molar-refractivity contribution in [1.29, 1.82) is 0 Å². The number of benzene rings is 1. The van der Waals surface area contributed by atoms with Crippen LogP contribution in [0.5, 0.6) is 5.75 Å². The van der Waals surface area contributed by atoms with E-state index in [-0.39, 0.29) is 18.3 Å². The lowest BCUT2D eigenvalue weighted by Crippen LogP contribution is -2.31. The highest BCUT2D eigenvalue weighted by Gasteiger charge is 2.01. The number of hydrogen-bond donors (Lipinski definition) is 2. The maximum atomic E-state index is 11.6. The molecule has 0 aliphatic heterocycles. The number of rotatable bonds is 10. The van der Waals surface area contributed by atoms with Crippen LogP contribution >= 0.6 is 12.4 Å². The van der Waals surface area contributed by atoms with Gasteiger partial charge in [0.05, 0.1) is 7.11 Å². The van der Waals surface area contributed by atoms with Crippen molar-refractivity contribution >= 4 is 18.3 Å². The fraction of sp³-hybridized carbons (Fsp3) is 0.562. The van der Waals surface area contributed by atoms with E-state index >= 15 is 0 Å². The summed E-state index contributed by atoms with van der Waals surface area (Å²) in [6, 6.07) is 8.00. The summed E-state index contributed by atoms with van der Waals surface area (Å²) in [6.07, 6.45) is 3.50. The predicted octanol–water partition coefficient (Wildman–Crippen LogP) is 2.56. The third-order valence-corrected chi connectivity index (χ3v) is 3.08. The quantitative estimate of drug-likeness (QED) is 0.653. The molecule has 4 nitrogen and oxygen atoms in total. The molecule has 0 unspecified atom stereocenters. The number of aryl methyl sites for hydroxylation is 1. The van der Waals surface area contributed by atoms with Crippen LogP contribution in [-0.2, 0) is 11.2 Å². The molecule has 0 saturated heterocycles. The minimum atomic E-state index is 0. The summed E-state index contributed by atoms with van der Waals surface area (Å²) in [4.78, 5) is 11.6. The van der Waals surface area contributed by atoms with E-state index in [0.29, 0.717) is 13.0 Å². The molecule has 0 spiro atoms. The molecular weight excluding hydrogens is 288 g/mol. The smallest absolute Gasteiger partial charge is 0.220 e. The number of nitrogens with one attached hydrogen (secondary N) is 2. The highest BCUT2D eigenvalue weighted by molar-refractivity contribution is 5.85. The highest BCUT2D eigenvalue weighted by Crippen LogP contribution is 2.13. The summed E-state index contributed by atoms with van der Waals surface area (Å²) < 4.78 is 5.11. The number of ether oxygens (including phenoxy) is 1. The van der Waals surface area contributed by atoms with E-state index in [4.69, 9.17) is 4.74 Å². The molecule has 0 fully saturated rings. The van der Waals surface area contributed by atoms with Crippen LogP contribution in [0.25, 0.3) is 0 Å². The molecule has 1 aromatic rings. The Labute approximate surface area is 134 Å². The minimum Gasteiger partial charge on any atom is -0.497 e. The van der Waals surface area contributed by atoms with Crippen molar-refractivity contribution in [3.63, 3.8) is 0 Å². The second kappa shape index (κ2) is 12.5. The van der Waals surface area contributed by atoms with E-state index in [1.54, 1.807) is 7.11 Å². The number of hydrogen-bond acceptors (Lipinski definition) is 3. The fourth-order valence-corrected chi connectivity index (χ4v) is 1.93. The Morgan fingerprint density at radius 2 is 1.86 bits per heavy atom. The first-order valence-electron chi connectivity index (χ1n) is 7.36. The van der Waals surface area contributed by atoms with Crippen molar-refractivity contribution in [1.82, 2.24) is 10.6 Å². The third kappa shape index (κ3) is 9.32. The van der Waals surface area contributed by atoms with Crippen LogP contribution in [0, 0.1) is 0 Å². The van der Waals surface area contributed by atoms with Gasteiger partial charge in [0.2, 0.25) is 5.91 Å². The van der Waals surface area contributed by atoms with Gasteiger partial charge in [0.1, 0.15) is 5.75 Å². The molecule has 21 heavy (non-hydrogen) atoms. The molecular formula is C16H27ClN2O2. The lowest BCUT2D eigenvalue weighted by molar-refractivity contribution is -0.121. The van der Waals surface area contributed by atoms with Gasteiger partial charge in [-0.05, 0) is 43.5 Å². The second-order valence-corrected chi connectivity index (χ2v) is 4.80. The van der Waals surface area contributed by atoms with Gasteiger partial charge in [-0.25, -0.2) is 0 Å². The average Bonchev–Trinajstić information content (AvgIpc) is 2.48. The molecule has 0 saturated carbocycles. The maximum absolute atomic E-state index is 11.6. The molecule has 120 valence electrons. The molecule has 0 heterocycles. The molecule has 1 amide bonds. The van der Waals surface area contributed by atoms with E-state index in [9.17, 15) is 4.79 Å². The van der Waals surface area contributed by atoms with Crippen LogP contribution < -0.4 is 15.4 Å². The Morgan fingerprint density at radius 3 is 2.48 bits per heavy atom. The summed E-state index contributed by atoms with van der Waals surface area (Å²) in [5.41, 5.74) is 1.24. The lowest BCUT2D eigenvalue weighted by Gasteiger charge is -2.06. The Morgan fingerprint density at radius 1 is 1.14 bits per heavy atom. The molecule has 0 radical (unpaired) electrons. The first-order chi connectivity index (χ1) is 9.76. The van der Waals surface area contributed by atoms with Gasteiger partial charge in [-0.1, -0.05) is 19.1 Å². The Balaban J connectivity index is 0.00000400. The van der Waals surface area contributed by atoms with Gasteiger partial charge in [-0.3, -0.25) is 4.79 Å². The Kier molecular flexibility index (Phi) is 11.7. The monoisotopic (exact) mass is 314 g/mol. The van der Waals surface area contributed by atoms with E-state index in [2.05, 4.69) is 17.6 Å². The number of methoxy groups -OCH3 is 1. The zero-order valence-corrected chi connectivity index (χ0v) is 13.8. The summed E-state index contributed by atoms with van der Waals surface area (Å²) in [6.45, 7) is 4.69. The minimum absolute atomic E-state index is 0. The van der Waals surface area contributed by atoms with Crippen molar-refractivity contribution in [2.75, 3.05) is 26.7 Å². The van der Waals surface area contributed by atoms with Crippen molar-refractivity contribution in [3.8, 4) is 5.75 Å². The van der Waals surface area contributed by atoms with E-state index in [1.807, 2.05) is 24.3 Å². The van der Waals surface area contributed by atoms with Gasteiger partial charge in [-0.15, -0.1) is 12.4 Å². The van der Waals surface area contributed by atoms with Crippen molar-refractivity contribution in [3.05, 3.63) is 29.8 Å². The second-order valence-electron chi connectivity index (χ2n) is 4.80. The first-order valence-corrected chi connectivity index (χ1v) is 7.36. The van der Waals surface area contributed by atoms with Crippen LogP contribution in [-0.4, -0.2) is 32.7 Å². The van der Waals surface area contributed by atoms with E-state index in [0.717, 1.165) is 38.1 Å². The van der Waals surface area contributed by atoms with Gasteiger partial charge in [-0.2, -0.15) is 0 Å². The number of amides is 1. The van der Waals surface area contributed by atoms with E-state index in [1.165, 1.54) is 5.56 Å². The standard InChI is InChI=1S/C16H26N2O2.ClH/c1-3-11-17-12-13-18-16(19)6-4-5-14-7-9-15(20-2)10-8-14;/h7-10,17H,3-6,11-13H2,1-2H3,(H,18,19);1H. The largest absolute Gasteiger partial charge is 0.497 e. The summed E-state index contributed by atoms with van der Waals surface area (Å²) >= 11 is 0. The van der Waals surface area contributed by atoms with Crippen LogP contribution in [0.4, 0.5) is 0 Å². The van der Waals surface area contributed by atoms with Crippen molar-refractivity contribution < 1.29 is 9.53 Å². The van der Waals surface area contributed by atoms with Crippen molar-refractivity contribution in [2.24, 2.45) is 0 Å². The summed E-state index contributed by atoms with van der Waals surface area (Å²) in [7, 11) is 1.66. The van der Waals surface area contributed by atoms with Gasteiger partial charge >= 0.3 is 0 Å². The van der Waals surface area contributed by atoms with Crippen LogP contribution in [0.15, 0.2) is 24.3 Å². The average molecular weight is 315 g/mol. The Bertz CT molecular complexity index is 382. The van der Waals surface area contributed by atoms with Gasteiger partial charge in [0, 0.05) is 19.5 Å². The van der Waals surface area contributed by atoms with Gasteiger partial charge in [0.25, 0.3) is 0 Å². The van der Waals surface area contributed by atoms with Crippen LogP contribution in [0.2, 0.25) is 0 Å². The molecule has 0 aliphatic carbocycles. The number of halogens is 1. The third-order valence-electron chi connectivity index (χ3n) is 3.08. The van der Waals surface area contributed by atoms with Gasteiger partial charge in [0.15, 0.2) is 0 Å². The molecule has 2 N–H and O–H groups in total. The van der Waals surface area contributed by atoms with E-state index < -0.39 is 0 Å². The first kappa shape index (κ1) is 19.7. The zero-order valence-electron chi connectivity index (χ0n) is 13.0. The summed E-state index contributed by atoms with van der Waals surface area (Å²) in [5.74, 6) is 1.00.